The van der Waals surface area contributed by atoms with Crippen LogP contribution in [-0.2, 0) is 0 Å². The molecule has 0 saturated heterocycles. The van der Waals surface area contributed by atoms with Gasteiger partial charge in [0, 0.05) is 11.0 Å². The molecule has 1 heterocycles. The largest absolute Gasteiger partial charge is 0.487 e. The highest BCUT2D eigenvalue weighted by Gasteiger charge is 2.20. The lowest BCUT2D eigenvalue weighted by Crippen LogP contribution is -2.44. The first-order chi connectivity index (χ1) is 9.82. The molecule has 0 spiro atoms. The summed E-state index contributed by atoms with van der Waals surface area (Å²) in [6.45, 7) is 0. The standard InChI is InChI=1S/C12H5B6NO2/c13-3-1-4(14)11-7(9(3)16)8-10(17)6(18(20)21)2-5(15)12(8)19-11/h1-2,19-21H. The van der Waals surface area contributed by atoms with Crippen molar-refractivity contribution < 1.29 is 10.0 Å². The lowest BCUT2D eigenvalue weighted by Gasteiger charge is -2.11. The summed E-state index contributed by atoms with van der Waals surface area (Å²) < 4.78 is 0. The van der Waals surface area contributed by atoms with Crippen LogP contribution in [0.1, 0.15) is 0 Å². The molecule has 9 heteroatoms. The molecule has 3 rings (SSSR count). The van der Waals surface area contributed by atoms with Gasteiger partial charge in [-0.3, -0.25) is 0 Å². The minimum atomic E-state index is -1.75. The number of nitrogens with one attached hydrogen (secondary N) is 1. The van der Waals surface area contributed by atoms with Gasteiger partial charge < -0.3 is 15.0 Å². The molecule has 10 radical (unpaired) electrons. The van der Waals surface area contributed by atoms with E-state index in [9.17, 15) is 10.0 Å². The van der Waals surface area contributed by atoms with E-state index in [1.807, 2.05) is 0 Å². The topological polar surface area (TPSA) is 56.2 Å². The van der Waals surface area contributed by atoms with E-state index in [4.69, 9.17) is 39.2 Å². The normalized spacial score (nSPS) is 11.3. The van der Waals surface area contributed by atoms with E-state index in [1.54, 1.807) is 6.07 Å². The van der Waals surface area contributed by atoms with Gasteiger partial charge in [-0.25, -0.2) is 0 Å². The molecule has 0 fully saturated rings. The fourth-order valence-electron chi connectivity index (χ4n) is 2.61. The van der Waals surface area contributed by atoms with Gasteiger partial charge in [0.15, 0.2) is 0 Å². The molecule has 3 nitrogen and oxygen atoms in total. The number of H-pyrrole nitrogens is 1. The quantitative estimate of drug-likeness (QED) is 0.384. The molecular formula is C12H5B6NO2. The van der Waals surface area contributed by atoms with Crippen molar-refractivity contribution in [1.82, 2.24) is 4.98 Å². The van der Waals surface area contributed by atoms with E-state index in [0.717, 1.165) is 0 Å². The van der Waals surface area contributed by atoms with Gasteiger partial charge in [-0.1, -0.05) is 34.0 Å². The fourth-order valence-corrected chi connectivity index (χ4v) is 2.61. The van der Waals surface area contributed by atoms with Crippen molar-refractivity contribution in [3.8, 4) is 0 Å². The summed E-state index contributed by atoms with van der Waals surface area (Å²) in [5.41, 5.74) is 2.66. The minimum absolute atomic E-state index is 0.0984. The highest BCUT2D eigenvalue weighted by atomic mass is 16.4. The molecule has 0 saturated carbocycles. The smallest absolute Gasteiger partial charge is 0.423 e. The van der Waals surface area contributed by atoms with Crippen molar-refractivity contribution in [3.05, 3.63) is 12.1 Å². The van der Waals surface area contributed by atoms with Crippen molar-refractivity contribution in [2.75, 3.05) is 0 Å². The van der Waals surface area contributed by atoms with Gasteiger partial charge in [-0.15, -0.1) is 5.46 Å². The number of hydrogen-bond donors (Lipinski definition) is 3. The highest BCUT2D eigenvalue weighted by molar-refractivity contribution is 6.69. The number of rotatable bonds is 1. The predicted octanol–water partition coefficient (Wildman–Crippen LogP) is -5.03. The molecule has 0 bridgehead atoms. The van der Waals surface area contributed by atoms with Crippen molar-refractivity contribution in [3.63, 3.8) is 0 Å². The lowest BCUT2D eigenvalue weighted by molar-refractivity contribution is 0.426. The zero-order valence-corrected chi connectivity index (χ0v) is 11.0. The Balaban J connectivity index is 2.63. The Morgan fingerprint density at radius 3 is 1.86 bits per heavy atom. The molecular weight excluding hydrogens is 255 g/mol. The number of aromatic amines is 1. The first kappa shape index (κ1) is 14.5. The number of benzene rings is 2. The van der Waals surface area contributed by atoms with Crippen LogP contribution < -0.4 is 32.8 Å². The highest BCUT2D eigenvalue weighted by Crippen LogP contribution is 2.18. The molecule has 0 aliphatic rings. The molecule has 21 heavy (non-hydrogen) atoms. The van der Waals surface area contributed by atoms with Crippen LogP contribution in [0.5, 0.6) is 0 Å². The van der Waals surface area contributed by atoms with Crippen LogP contribution in [0.15, 0.2) is 12.1 Å². The Morgan fingerprint density at radius 2 is 1.29 bits per heavy atom. The molecule has 2 aromatic carbocycles. The predicted molar refractivity (Wildman–Crippen MR) is 92.6 cm³/mol. The Labute approximate surface area is 128 Å². The second-order valence-electron chi connectivity index (χ2n) is 4.94. The van der Waals surface area contributed by atoms with Crippen LogP contribution in [-0.4, -0.2) is 61.4 Å². The van der Waals surface area contributed by atoms with E-state index in [-0.39, 0.29) is 10.9 Å². The summed E-state index contributed by atoms with van der Waals surface area (Å²) in [6.07, 6.45) is 0. The number of hydrogen-bond acceptors (Lipinski definition) is 2. The maximum Gasteiger partial charge on any atom is 0.487 e. The molecule has 1 aromatic heterocycles. The maximum atomic E-state index is 9.41. The average Bonchev–Trinajstić information content (AvgIpc) is 2.81. The summed E-state index contributed by atoms with van der Waals surface area (Å²) >= 11 is 0. The molecule has 3 aromatic rings. The molecule has 0 aliphatic carbocycles. The van der Waals surface area contributed by atoms with Crippen molar-refractivity contribution in [2.24, 2.45) is 0 Å². The van der Waals surface area contributed by atoms with E-state index in [1.165, 1.54) is 6.07 Å². The zero-order valence-electron chi connectivity index (χ0n) is 11.0. The van der Waals surface area contributed by atoms with Crippen LogP contribution in [0.3, 0.4) is 0 Å². The van der Waals surface area contributed by atoms with Gasteiger partial charge in [0.25, 0.3) is 0 Å². The third kappa shape index (κ3) is 1.99. The van der Waals surface area contributed by atoms with E-state index < -0.39 is 7.12 Å². The lowest BCUT2D eigenvalue weighted by atomic mass is 9.66. The molecule has 0 aliphatic heterocycles. The maximum absolute atomic E-state index is 9.41. The summed E-state index contributed by atoms with van der Waals surface area (Å²) in [5, 5.41) is 19.8. The van der Waals surface area contributed by atoms with Gasteiger partial charge in [0.1, 0.15) is 39.2 Å². The SMILES string of the molecule is [B]c1cc([B])c2[nH]c3c([B])cc(B(O)O)c([B])c3c2c1[B]. The molecule has 0 atom stereocenters. The van der Waals surface area contributed by atoms with Crippen molar-refractivity contribution in [2.45, 2.75) is 0 Å². The molecule has 0 unspecified atom stereocenters. The van der Waals surface area contributed by atoms with Gasteiger partial charge in [-0.2, -0.15) is 0 Å². The Morgan fingerprint density at radius 1 is 0.762 bits per heavy atom. The third-order valence-electron chi connectivity index (χ3n) is 3.64. The van der Waals surface area contributed by atoms with Crippen LogP contribution >= 0.6 is 0 Å². The van der Waals surface area contributed by atoms with Gasteiger partial charge >= 0.3 is 7.12 Å². The minimum Gasteiger partial charge on any atom is -0.423 e. The first-order valence-electron chi connectivity index (χ1n) is 6.15. The van der Waals surface area contributed by atoms with Gasteiger partial charge in [0.05, 0.1) is 0 Å². The van der Waals surface area contributed by atoms with E-state index in [0.29, 0.717) is 43.7 Å². The first-order valence-corrected chi connectivity index (χ1v) is 6.15. The van der Waals surface area contributed by atoms with Gasteiger partial charge in [-0.05, 0) is 16.2 Å². The Kier molecular flexibility index (Phi) is 3.30. The van der Waals surface area contributed by atoms with Crippen LogP contribution in [0, 0.1) is 0 Å². The summed E-state index contributed by atoms with van der Waals surface area (Å²) in [5.74, 6) is 0. The number of fused-ring (bicyclic) bond motifs is 3. The van der Waals surface area contributed by atoms with Gasteiger partial charge in [0.2, 0.25) is 0 Å². The van der Waals surface area contributed by atoms with Crippen LogP contribution in [0.4, 0.5) is 0 Å². The number of aromatic nitrogens is 1. The molecule has 88 valence electrons. The second kappa shape index (κ2) is 4.79. The van der Waals surface area contributed by atoms with Crippen LogP contribution in [0.25, 0.3) is 21.8 Å². The second-order valence-corrected chi connectivity index (χ2v) is 4.94. The Hall–Kier alpha value is -1.45. The summed E-state index contributed by atoms with van der Waals surface area (Å²) in [4.78, 5) is 3.06. The molecule has 0 amide bonds. The zero-order chi connectivity index (χ0) is 15.5. The Bertz CT molecular complexity index is 889. The van der Waals surface area contributed by atoms with Crippen molar-refractivity contribution >= 4 is 101 Å². The third-order valence-corrected chi connectivity index (χ3v) is 3.64. The average molecular weight is 260 g/mol. The monoisotopic (exact) mass is 261 g/mol. The summed E-state index contributed by atoms with van der Waals surface area (Å²) in [6, 6.07) is 2.94. The van der Waals surface area contributed by atoms with Crippen molar-refractivity contribution in [1.29, 1.82) is 0 Å². The van der Waals surface area contributed by atoms with Crippen LogP contribution in [0.2, 0.25) is 0 Å². The van der Waals surface area contributed by atoms with E-state index >= 15 is 0 Å². The summed E-state index contributed by atoms with van der Waals surface area (Å²) in [7, 11) is 28.0. The fraction of sp³-hybridized carbons (Fsp3) is 0. The molecule has 3 N–H and O–H groups in total. The van der Waals surface area contributed by atoms with E-state index in [2.05, 4.69) is 4.98 Å².